The van der Waals surface area contributed by atoms with Gasteiger partial charge in [0.25, 0.3) is 5.69 Å². The van der Waals surface area contributed by atoms with Crippen LogP contribution in [0, 0.1) is 10.1 Å². The van der Waals surface area contributed by atoms with Gasteiger partial charge in [0.2, 0.25) is 5.91 Å². The van der Waals surface area contributed by atoms with Crippen LogP contribution >= 0.6 is 0 Å². The molecule has 0 spiro atoms. The molecular weight excluding hydrogens is 302 g/mol. The van der Waals surface area contributed by atoms with E-state index >= 15 is 0 Å². The van der Waals surface area contributed by atoms with E-state index in [2.05, 4.69) is 10.6 Å². The van der Waals surface area contributed by atoms with Crippen LogP contribution in [-0.2, 0) is 4.79 Å². The number of rotatable bonds is 5. The van der Waals surface area contributed by atoms with Gasteiger partial charge in [0.05, 0.1) is 10.5 Å². The molecule has 0 aliphatic rings. The number of nitro benzene ring substituents is 1. The lowest BCUT2D eigenvalue weighted by molar-refractivity contribution is -0.383. The van der Waals surface area contributed by atoms with E-state index in [4.69, 9.17) is 5.11 Å². The minimum Gasteiger partial charge on any atom is -0.478 e. The molecule has 0 fully saturated rings. The molecule has 0 aromatic heterocycles. The number of anilines is 3. The highest BCUT2D eigenvalue weighted by Gasteiger charge is 2.17. The highest BCUT2D eigenvalue weighted by Crippen LogP contribution is 2.29. The van der Waals surface area contributed by atoms with Gasteiger partial charge < -0.3 is 15.7 Å². The molecule has 0 atom stereocenters. The number of nitrogens with zero attached hydrogens (tertiary/aromatic N) is 1. The Hall–Kier alpha value is -3.42. The fourth-order valence-electron chi connectivity index (χ4n) is 1.95. The van der Waals surface area contributed by atoms with E-state index in [1.54, 1.807) is 24.3 Å². The number of carboxylic acids is 1. The summed E-state index contributed by atoms with van der Waals surface area (Å²) in [5.41, 5.74) is 0.679. The van der Waals surface area contributed by atoms with Crippen LogP contribution in [0.1, 0.15) is 17.3 Å². The molecule has 1 amide bonds. The number of hydrogen-bond acceptors (Lipinski definition) is 5. The van der Waals surface area contributed by atoms with Crippen LogP contribution in [0.15, 0.2) is 42.5 Å². The van der Waals surface area contributed by atoms with E-state index in [0.717, 1.165) is 6.07 Å². The molecule has 0 unspecified atom stereocenters. The van der Waals surface area contributed by atoms with Gasteiger partial charge in [0, 0.05) is 24.4 Å². The maximum absolute atomic E-state index is 11.1. The quantitative estimate of drug-likeness (QED) is 0.576. The molecule has 2 aromatic rings. The Kier molecular flexibility index (Phi) is 4.55. The van der Waals surface area contributed by atoms with Crippen molar-refractivity contribution >= 4 is 34.6 Å². The SMILES string of the molecule is CC(=O)Nc1cccc(Nc2ccc(C(=O)O)cc2[N+](=O)[O-])c1. The second-order valence-corrected chi connectivity index (χ2v) is 4.68. The summed E-state index contributed by atoms with van der Waals surface area (Å²) in [6, 6.07) is 10.2. The number of benzene rings is 2. The Morgan fingerprint density at radius 3 is 2.43 bits per heavy atom. The average Bonchev–Trinajstić information content (AvgIpc) is 2.46. The van der Waals surface area contributed by atoms with Gasteiger partial charge in [-0.05, 0) is 30.3 Å². The molecule has 0 aliphatic heterocycles. The molecule has 0 heterocycles. The van der Waals surface area contributed by atoms with Crippen molar-refractivity contribution in [1.82, 2.24) is 0 Å². The van der Waals surface area contributed by atoms with Crippen LogP contribution in [0.5, 0.6) is 0 Å². The maximum Gasteiger partial charge on any atom is 0.335 e. The molecule has 8 heteroatoms. The van der Waals surface area contributed by atoms with Gasteiger partial charge in [0.1, 0.15) is 5.69 Å². The molecule has 3 N–H and O–H groups in total. The number of hydrogen-bond donors (Lipinski definition) is 3. The molecule has 0 saturated heterocycles. The second kappa shape index (κ2) is 6.56. The van der Waals surface area contributed by atoms with Gasteiger partial charge in [-0.25, -0.2) is 4.79 Å². The number of amides is 1. The molecular formula is C15H13N3O5. The summed E-state index contributed by atoms with van der Waals surface area (Å²) in [5.74, 6) is -1.48. The monoisotopic (exact) mass is 315 g/mol. The Labute approximate surface area is 130 Å². The zero-order chi connectivity index (χ0) is 17.0. The summed E-state index contributed by atoms with van der Waals surface area (Å²) in [4.78, 5) is 32.4. The molecule has 2 rings (SSSR count). The molecule has 2 aromatic carbocycles. The number of nitro groups is 1. The van der Waals surface area contributed by atoms with Crippen molar-refractivity contribution in [1.29, 1.82) is 0 Å². The van der Waals surface area contributed by atoms with Gasteiger partial charge in [-0.3, -0.25) is 14.9 Å². The molecule has 0 radical (unpaired) electrons. The van der Waals surface area contributed by atoms with Gasteiger partial charge in [-0.1, -0.05) is 6.07 Å². The lowest BCUT2D eigenvalue weighted by Crippen LogP contribution is -2.06. The van der Waals surface area contributed by atoms with Crippen LogP contribution in [0.25, 0.3) is 0 Å². The van der Waals surface area contributed by atoms with Crippen LogP contribution in [0.2, 0.25) is 0 Å². The zero-order valence-corrected chi connectivity index (χ0v) is 12.1. The molecule has 118 valence electrons. The van der Waals surface area contributed by atoms with Crippen molar-refractivity contribution < 1.29 is 19.6 Å². The number of nitrogens with one attached hydrogen (secondary N) is 2. The molecule has 0 saturated carbocycles. The highest BCUT2D eigenvalue weighted by atomic mass is 16.6. The van der Waals surface area contributed by atoms with Crippen molar-refractivity contribution in [3.63, 3.8) is 0 Å². The number of carbonyl (C=O) groups excluding carboxylic acids is 1. The van der Waals surface area contributed by atoms with Crippen molar-refractivity contribution in [3.05, 3.63) is 58.1 Å². The van der Waals surface area contributed by atoms with Crippen LogP contribution in [0.3, 0.4) is 0 Å². The third kappa shape index (κ3) is 4.03. The lowest BCUT2D eigenvalue weighted by Gasteiger charge is -2.09. The Morgan fingerprint density at radius 1 is 1.13 bits per heavy atom. The average molecular weight is 315 g/mol. The minimum absolute atomic E-state index is 0.153. The highest BCUT2D eigenvalue weighted by molar-refractivity contribution is 5.91. The van der Waals surface area contributed by atoms with E-state index in [0.29, 0.717) is 11.4 Å². The lowest BCUT2D eigenvalue weighted by atomic mass is 10.1. The first-order valence-electron chi connectivity index (χ1n) is 6.53. The molecule has 0 aliphatic carbocycles. The van der Waals surface area contributed by atoms with Gasteiger partial charge in [-0.2, -0.15) is 0 Å². The van der Waals surface area contributed by atoms with Crippen LogP contribution in [0.4, 0.5) is 22.7 Å². The van der Waals surface area contributed by atoms with Gasteiger partial charge >= 0.3 is 5.97 Å². The predicted molar refractivity (Wildman–Crippen MR) is 84.1 cm³/mol. The molecule has 0 bridgehead atoms. The first-order chi connectivity index (χ1) is 10.9. The van der Waals surface area contributed by atoms with Gasteiger partial charge in [-0.15, -0.1) is 0 Å². The minimum atomic E-state index is -1.24. The molecule has 8 nitrogen and oxygen atoms in total. The smallest absolute Gasteiger partial charge is 0.335 e. The first-order valence-corrected chi connectivity index (χ1v) is 6.53. The summed E-state index contributed by atoms with van der Waals surface area (Å²) in [6.07, 6.45) is 0. The number of carboxylic acid groups (broad SMARTS) is 1. The topological polar surface area (TPSA) is 122 Å². The largest absolute Gasteiger partial charge is 0.478 e. The normalized spacial score (nSPS) is 9.96. The Bertz CT molecular complexity index is 788. The fourth-order valence-corrected chi connectivity index (χ4v) is 1.95. The van der Waals surface area contributed by atoms with Gasteiger partial charge in [0.15, 0.2) is 0 Å². The number of aromatic carboxylic acids is 1. The van der Waals surface area contributed by atoms with Crippen molar-refractivity contribution in [2.75, 3.05) is 10.6 Å². The van der Waals surface area contributed by atoms with E-state index in [1.807, 2.05) is 0 Å². The number of carbonyl (C=O) groups is 2. The van der Waals surface area contributed by atoms with Crippen molar-refractivity contribution in [3.8, 4) is 0 Å². The Balaban J connectivity index is 2.34. The zero-order valence-electron chi connectivity index (χ0n) is 12.1. The van der Waals surface area contributed by atoms with E-state index < -0.39 is 10.9 Å². The van der Waals surface area contributed by atoms with E-state index in [1.165, 1.54) is 19.1 Å². The van der Waals surface area contributed by atoms with Crippen molar-refractivity contribution in [2.24, 2.45) is 0 Å². The van der Waals surface area contributed by atoms with Crippen molar-refractivity contribution in [2.45, 2.75) is 6.92 Å². The standard InChI is InChI=1S/C15H13N3O5/c1-9(19)16-11-3-2-4-12(8-11)17-13-6-5-10(15(20)21)7-14(13)18(22)23/h2-8,17H,1H3,(H,16,19)(H,20,21). The summed E-state index contributed by atoms with van der Waals surface area (Å²) in [5, 5.41) is 25.5. The maximum atomic E-state index is 11.1. The molecule has 23 heavy (non-hydrogen) atoms. The summed E-state index contributed by atoms with van der Waals surface area (Å²) >= 11 is 0. The third-order valence-corrected chi connectivity index (χ3v) is 2.90. The van der Waals surface area contributed by atoms with E-state index in [9.17, 15) is 19.7 Å². The van der Waals surface area contributed by atoms with Crippen LogP contribution in [-0.4, -0.2) is 21.9 Å². The third-order valence-electron chi connectivity index (χ3n) is 2.90. The fraction of sp³-hybridized carbons (Fsp3) is 0.0667. The van der Waals surface area contributed by atoms with Crippen LogP contribution < -0.4 is 10.6 Å². The van der Waals surface area contributed by atoms with E-state index in [-0.39, 0.29) is 22.8 Å². The summed E-state index contributed by atoms with van der Waals surface area (Å²) in [7, 11) is 0. The predicted octanol–water partition coefficient (Wildman–Crippen LogP) is 3.00. The summed E-state index contributed by atoms with van der Waals surface area (Å²) in [6.45, 7) is 1.37. The first kappa shape index (κ1) is 16.0. The second-order valence-electron chi connectivity index (χ2n) is 4.68. The Morgan fingerprint density at radius 2 is 1.83 bits per heavy atom. The summed E-state index contributed by atoms with van der Waals surface area (Å²) < 4.78 is 0.